The van der Waals surface area contributed by atoms with Gasteiger partial charge in [-0.2, -0.15) is 4.98 Å². The normalized spacial score (nSPS) is 22.6. The number of furan rings is 1. The van der Waals surface area contributed by atoms with Gasteiger partial charge in [0.2, 0.25) is 5.95 Å². The highest BCUT2D eigenvalue weighted by molar-refractivity contribution is 5.92. The van der Waals surface area contributed by atoms with Crippen LogP contribution in [0.4, 0.5) is 11.8 Å². The zero-order valence-electron chi connectivity index (χ0n) is 23.9. The van der Waals surface area contributed by atoms with Gasteiger partial charge in [-0.25, -0.2) is 4.98 Å². The molecule has 9 nitrogen and oxygen atoms in total. The van der Waals surface area contributed by atoms with Crippen molar-refractivity contribution >= 4 is 28.6 Å². The third-order valence-corrected chi connectivity index (χ3v) is 3.91. The van der Waals surface area contributed by atoms with E-state index in [-0.39, 0.29) is 51.2 Å². The number of nitrogens with two attached hydrogens (primary N) is 1. The highest BCUT2D eigenvalue weighted by atomic mass is 16.5. The van der Waals surface area contributed by atoms with Crippen molar-refractivity contribution in [3.8, 4) is 11.5 Å². The molecule has 3 heterocycles. The molecule has 2 N–H and O–H groups in total. The largest absolute Gasteiger partial charge is 0.493 e. The second-order valence-electron chi connectivity index (χ2n) is 5.55. The molecule has 3 aromatic rings. The second kappa shape index (κ2) is 7.26. The molecule has 0 atom stereocenters. The number of nitrogen functional groups attached to an aromatic ring is 1. The van der Waals surface area contributed by atoms with Crippen LogP contribution in [0.15, 0.2) is 34.8 Å². The molecule has 0 bridgehead atoms. The molecule has 0 aliphatic carbocycles. The van der Waals surface area contributed by atoms with E-state index in [0.29, 0.717) is 0 Å². The fourth-order valence-electron chi connectivity index (χ4n) is 2.53. The summed E-state index contributed by atoms with van der Waals surface area (Å²) in [5, 5.41) is -0.00979. The lowest BCUT2D eigenvalue weighted by atomic mass is 10.2. The zero-order chi connectivity index (χ0) is 27.6. The van der Waals surface area contributed by atoms with Crippen molar-refractivity contribution in [3.63, 3.8) is 0 Å². The average Bonchev–Trinajstić information content (AvgIpc) is 3.06. The maximum Gasteiger partial charge on any atom is 0.289 e. The molecule has 1 amide bonds. The number of anilines is 2. The summed E-state index contributed by atoms with van der Waals surface area (Å²) in [5.41, 5.74) is 5.96. The Morgan fingerprint density at radius 1 is 1.25 bits per heavy atom. The van der Waals surface area contributed by atoms with E-state index in [1.165, 1.54) is 14.2 Å². The minimum atomic E-state index is -2.71. The molecule has 2 aromatic heterocycles. The first kappa shape index (κ1) is 10.2. The summed E-state index contributed by atoms with van der Waals surface area (Å²) in [4.78, 5) is 22.7. The highest BCUT2D eigenvalue weighted by Gasteiger charge is 2.25. The standard InChI is InChI=1S/C19H21N5O4/c1-26-15-10-12-13(11-16(15)27-2)21-19(22-17(12)20)24-7-5-23(6-8-24)18(25)14-4-3-9-28-14/h3-4,9-11H,5-8H2,1-2H3,(H2,20,21,22)/i3D,4D,5D2,6D2,9D,10D,11D. The van der Waals surface area contributed by atoms with E-state index in [2.05, 4.69) is 9.97 Å². The monoisotopic (exact) mass is 392 g/mol. The zero-order valence-corrected chi connectivity index (χ0v) is 14.9. The Labute approximate surface area is 174 Å². The Morgan fingerprint density at radius 3 is 2.61 bits per heavy atom. The van der Waals surface area contributed by atoms with Crippen LogP contribution in [0.25, 0.3) is 10.9 Å². The summed E-state index contributed by atoms with van der Waals surface area (Å²) >= 11 is 0. The molecule has 1 aliphatic heterocycles. The Kier molecular flexibility index (Phi) is 2.63. The number of ether oxygens (including phenoxy) is 2. The van der Waals surface area contributed by atoms with Crippen molar-refractivity contribution in [1.29, 1.82) is 0 Å². The van der Waals surface area contributed by atoms with Gasteiger partial charge in [-0.15, -0.1) is 0 Å². The van der Waals surface area contributed by atoms with Crippen molar-refractivity contribution in [2.45, 2.75) is 0 Å². The number of methoxy groups -OCH3 is 2. The molecular weight excluding hydrogens is 362 g/mol. The molecule has 0 radical (unpaired) electrons. The molecule has 1 aliphatic rings. The Hall–Kier alpha value is -3.49. The van der Waals surface area contributed by atoms with Crippen LogP contribution in [0.5, 0.6) is 11.5 Å². The van der Waals surface area contributed by atoms with Crippen LogP contribution in [-0.2, 0) is 0 Å². The van der Waals surface area contributed by atoms with Gasteiger partial charge >= 0.3 is 0 Å². The molecule has 146 valence electrons. The van der Waals surface area contributed by atoms with E-state index < -0.39 is 56.1 Å². The van der Waals surface area contributed by atoms with Crippen LogP contribution in [0.1, 0.15) is 22.9 Å². The number of benzene rings is 1. The second-order valence-corrected chi connectivity index (χ2v) is 5.55. The van der Waals surface area contributed by atoms with Crippen molar-refractivity contribution in [3.05, 3.63) is 36.2 Å². The lowest BCUT2D eigenvalue weighted by molar-refractivity contribution is 0.0714. The van der Waals surface area contributed by atoms with Crippen molar-refractivity contribution in [2.75, 3.05) is 50.9 Å². The summed E-state index contributed by atoms with van der Waals surface area (Å²) in [5.74, 6) is -2.80. The number of fused-ring (bicyclic) bond motifs is 1. The number of aromatic nitrogens is 2. The SMILES string of the molecule is [2H]c1oc(C(=O)N2C([2H])([2H])CN(c3nc(N)c4c([2H])c(OC)c(OC)c([2H])c4n3)CC2([2H])[2H])c([2H])c1[2H]. The Balaban J connectivity index is 1.79. The van der Waals surface area contributed by atoms with Crippen LogP contribution in [0, 0.1) is 0 Å². The summed E-state index contributed by atoms with van der Waals surface area (Å²) in [7, 11) is 2.57. The van der Waals surface area contributed by atoms with Gasteiger partial charge in [0.05, 0.1) is 36.9 Å². The smallest absolute Gasteiger partial charge is 0.289 e. The molecule has 9 heteroatoms. The van der Waals surface area contributed by atoms with E-state index in [4.69, 9.17) is 32.0 Å². The minimum absolute atomic E-state index is 0.00979. The molecule has 1 aromatic carbocycles. The molecule has 1 saturated heterocycles. The van der Waals surface area contributed by atoms with Crippen molar-refractivity contribution in [2.24, 2.45) is 0 Å². The van der Waals surface area contributed by atoms with Gasteiger partial charge in [-0.3, -0.25) is 4.79 Å². The number of hydrogen-bond donors (Lipinski definition) is 1. The summed E-state index contributed by atoms with van der Waals surface area (Å²) in [6.45, 7) is -6.71. The van der Waals surface area contributed by atoms with Gasteiger partial charge in [0.1, 0.15) is 7.19 Å². The third-order valence-electron chi connectivity index (χ3n) is 3.91. The van der Waals surface area contributed by atoms with Crippen LogP contribution < -0.4 is 20.1 Å². The number of carbonyl (C=O) groups excluding carboxylic acids is 1. The first-order chi connectivity index (χ1) is 17.2. The Morgan fingerprint density at radius 2 is 1.96 bits per heavy atom. The maximum atomic E-state index is 13.0. The number of piperazine rings is 1. The van der Waals surface area contributed by atoms with E-state index in [0.717, 1.165) is 4.90 Å². The van der Waals surface area contributed by atoms with Crippen LogP contribution in [0.3, 0.4) is 0 Å². The van der Waals surface area contributed by atoms with Gasteiger partial charge in [0.25, 0.3) is 5.91 Å². The lowest BCUT2D eigenvalue weighted by Gasteiger charge is -2.34. The van der Waals surface area contributed by atoms with Gasteiger partial charge in [0, 0.05) is 37.5 Å². The molecular formula is C19H21N5O4. The van der Waals surface area contributed by atoms with E-state index in [1.807, 2.05) is 0 Å². The predicted octanol–water partition coefficient (Wildman–Crippen LogP) is 1.78. The number of nitrogens with zero attached hydrogens (tertiary/aromatic N) is 4. The van der Waals surface area contributed by atoms with Gasteiger partial charge in [0.15, 0.2) is 17.3 Å². The van der Waals surface area contributed by atoms with Crippen LogP contribution in [0.2, 0.25) is 0 Å². The highest BCUT2D eigenvalue weighted by Crippen LogP contribution is 2.34. The summed E-state index contributed by atoms with van der Waals surface area (Å²) in [6.07, 6.45) is -0.778. The molecule has 0 saturated carbocycles. The lowest BCUT2D eigenvalue weighted by Crippen LogP contribution is -2.49. The number of carbonyl (C=O) groups is 1. The maximum absolute atomic E-state index is 13.0. The summed E-state index contributed by atoms with van der Waals surface area (Å²) < 4.78 is 88.7. The number of hydrogen-bond acceptors (Lipinski definition) is 8. The van der Waals surface area contributed by atoms with Crippen molar-refractivity contribution < 1.29 is 31.0 Å². The number of amides is 1. The average molecular weight is 392 g/mol. The van der Waals surface area contributed by atoms with E-state index >= 15 is 0 Å². The molecule has 4 rings (SSSR count). The molecule has 1 fully saturated rings. The van der Waals surface area contributed by atoms with Crippen LogP contribution in [-0.4, -0.2) is 61.1 Å². The molecule has 0 unspecified atom stereocenters. The predicted molar refractivity (Wildman–Crippen MR) is 104 cm³/mol. The summed E-state index contributed by atoms with van der Waals surface area (Å²) in [6, 6.07) is -1.95. The fourth-order valence-corrected chi connectivity index (χ4v) is 2.53. The molecule has 28 heavy (non-hydrogen) atoms. The number of rotatable bonds is 4. The third kappa shape index (κ3) is 3.15. The van der Waals surface area contributed by atoms with Gasteiger partial charge in [-0.1, -0.05) is 0 Å². The quantitative estimate of drug-likeness (QED) is 0.716. The minimum Gasteiger partial charge on any atom is -0.493 e. The van der Waals surface area contributed by atoms with E-state index in [1.54, 1.807) is 0 Å². The first-order valence-electron chi connectivity index (χ1n) is 12.5. The van der Waals surface area contributed by atoms with Crippen LogP contribution >= 0.6 is 0 Å². The molecule has 0 spiro atoms. The topological polar surface area (TPSA) is 107 Å². The fraction of sp³-hybridized carbons (Fsp3) is 0.316. The van der Waals surface area contributed by atoms with Crippen molar-refractivity contribution in [1.82, 2.24) is 14.9 Å². The Bertz CT molecular complexity index is 1410. The first-order valence-corrected chi connectivity index (χ1v) is 8.00. The van der Waals surface area contributed by atoms with Gasteiger partial charge < -0.3 is 29.4 Å². The van der Waals surface area contributed by atoms with E-state index in [9.17, 15) is 4.79 Å². The van der Waals surface area contributed by atoms with Gasteiger partial charge in [-0.05, 0) is 18.1 Å².